The third-order valence-electron chi connectivity index (χ3n) is 3.12. The fourth-order valence-electron chi connectivity index (χ4n) is 2.15. The largest absolute Gasteiger partial charge is 0.389 e. The monoisotopic (exact) mass is 200 g/mol. The summed E-state index contributed by atoms with van der Waals surface area (Å²) >= 11 is 0. The normalized spacial score (nSPS) is 38.8. The lowest BCUT2D eigenvalue weighted by atomic mass is 9.99. The molecule has 0 aromatic heterocycles. The highest BCUT2D eigenvalue weighted by molar-refractivity contribution is 4.82. The van der Waals surface area contributed by atoms with Gasteiger partial charge < -0.3 is 20.5 Å². The first kappa shape index (κ1) is 10.4. The Balaban J connectivity index is 1.65. The second kappa shape index (κ2) is 5.07. The average Bonchev–Trinajstić information content (AvgIpc) is 2.63. The molecule has 4 heteroatoms. The molecule has 1 unspecified atom stereocenters. The van der Waals surface area contributed by atoms with Crippen molar-refractivity contribution < 1.29 is 9.84 Å². The molecule has 0 aromatic rings. The number of piperidine rings is 1. The molecule has 2 fully saturated rings. The van der Waals surface area contributed by atoms with Gasteiger partial charge in [-0.2, -0.15) is 0 Å². The molecule has 0 saturated carbocycles. The Labute approximate surface area is 85.0 Å². The quantitative estimate of drug-likeness (QED) is 0.566. The summed E-state index contributed by atoms with van der Waals surface area (Å²) in [6, 6.07) is 0.150. The number of aliphatic hydroxyl groups is 1. The van der Waals surface area contributed by atoms with Crippen LogP contribution in [-0.4, -0.2) is 50.1 Å². The van der Waals surface area contributed by atoms with Crippen molar-refractivity contribution in [3.8, 4) is 0 Å². The Hall–Kier alpha value is -0.160. The molecule has 0 aliphatic carbocycles. The first-order valence-electron chi connectivity index (χ1n) is 5.56. The van der Waals surface area contributed by atoms with E-state index < -0.39 is 0 Å². The van der Waals surface area contributed by atoms with Crippen molar-refractivity contribution in [1.29, 1.82) is 0 Å². The molecule has 0 spiro atoms. The van der Waals surface area contributed by atoms with Crippen molar-refractivity contribution >= 4 is 0 Å². The van der Waals surface area contributed by atoms with Crippen molar-refractivity contribution in [2.24, 2.45) is 5.92 Å². The smallest absolute Gasteiger partial charge is 0.0948 e. The van der Waals surface area contributed by atoms with Gasteiger partial charge in [0.1, 0.15) is 0 Å². The lowest BCUT2D eigenvalue weighted by Crippen LogP contribution is -2.44. The van der Waals surface area contributed by atoms with Crippen molar-refractivity contribution in [3.63, 3.8) is 0 Å². The Morgan fingerprint density at radius 3 is 3.00 bits per heavy atom. The number of rotatable bonds is 3. The molecular weight excluding hydrogens is 180 g/mol. The number of nitrogens with one attached hydrogen (secondary N) is 2. The van der Waals surface area contributed by atoms with Gasteiger partial charge in [0, 0.05) is 0 Å². The van der Waals surface area contributed by atoms with Gasteiger partial charge in [-0.05, 0) is 38.4 Å². The second-order valence-electron chi connectivity index (χ2n) is 4.33. The van der Waals surface area contributed by atoms with E-state index in [0.29, 0.717) is 13.2 Å². The fraction of sp³-hybridized carbons (Fsp3) is 1.00. The lowest BCUT2D eigenvalue weighted by Gasteiger charge is -2.25. The van der Waals surface area contributed by atoms with Crippen LogP contribution < -0.4 is 10.6 Å². The summed E-state index contributed by atoms with van der Waals surface area (Å²) in [6.45, 7) is 4.41. The van der Waals surface area contributed by atoms with E-state index in [1.807, 2.05) is 0 Å². The van der Waals surface area contributed by atoms with Crippen LogP contribution in [0.2, 0.25) is 0 Å². The van der Waals surface area contributed by atoms with Crippen molar-refractivity contribution in [3.05, 3.63) is 0 Å². The van der Waals surface area contributed by atoms with E-state index in [1.54, 1.807) is 0 Å². The highest BCUT2D eigenvalue weighted by atomic mass is 16.5. The van der Waals surface area contributed by atoms with Crippen LogP contribution in [0.4, 0.5) is 0 Å². The van der Waals surface area contributed by atoms with E-state index in [1.165, 1.54) is 12.8 Å². The van der Waals surface area contributed by atoms with E-state index in [0.717, 1.165) is 25.6 Å². The zero-order chi connectivity index (χ0) is 9.80. The Morgan fingerprint density at radius 1 is 1.43 bits per heavy atom. The minimum atomic E-state index is -0.313. The van der Waals surface area contributed by atoms with Crippen molar-refractivity contribution in [2.45, 2.75) is 25.0 Å². The van der Waals surface area contributed by atoms with E-state index in [4.69, 9.17) is 4.74 Å². The van der Waals surface area contributed by atoms with Crippen LogP contribution in [0.5, 0.6) is 0 Å². The van der Waals surface area contributed by atoms with Crippen molar-refractivity contribution in [2.75, 3.05) is 32.8 Å². The van der Waals surface area contributed by atoms with E-state index in [-0.39, 0.29) is 12.1 Å². The lowest BCUT2D eigenvalue weighted by molar-refractivity contribution is 0.121. The van der Waals surface area contributed by atoms with Crippen LogP contribution in [-0.2, 0) is 4.74 Å². The van der Waals surface area contributed by atoms with E-state index in [2.05, 4.69) is 10.6 Å². The maximum atomic E-state index is 9.52. The summed E-state index contributed by atoms with van der Waals surface area (Å²) in [5.41, 5.74) is 0. The van der Waals surface area contributed by atoms with Crippen LogP contribution in [0.3, 0.4) is 0 Å². The third-order valence-corrected chi connectivity index (χ3v) is 3.12. The average molecular weight is 200 g/mol. The van der Waals surface area contributed by atoms with Gasteiger partial charge in [-0.15, -0.1) is 0 Å². The topological polar surface area (TPSA) is 53.5 Å². The number of hydrogen-bond acceptors (Lipinski definition) is 4. The number of hydrogen-bond donors (Lipinski definition) is 3. The van der Waals surface area contributed by atoms with Crippen molar-refractivity contribution in [1.82, 2.24) is 10.6 Å². The van der Waals surface area contributed by atoms with Gasteiger partial charge in [-0.3, -0.25) is 0 Å². The standard InChI is InChI=1S/C10H20N2O2/c13-10-7-14-6-9(10)12-5-8-2-1-3-11-4-8/h8-13H,1-7H2/t8?,9-,10-/m1/s1. The SMILES string of the molecule is O[C@@H]1COC[C@H]1NCC1CCCNC1. The van der Waals surface area contributed by atoms with Crippen LogP contribution in [0.15, 0.2) is 0 Å². The number of aliphatic hydroxyl groups excluding tert-OH is 1. The Morgan fingerprint density at radius 2 is 2.36 bits per heavy atom. The van der Waals surface area contributed by atoms with Gasteiger partial charge in [0.2, 0.25) is 0 Å². The summed E-state index contributed by atoms with van der Waals surface area (Å²) in [7, 11) is 0. The second-order valence-corrected chi connectivity index (χ2v) is 4.33. The Bertz CT molecular complexity index is 172. The fourth-order valence-corrected chi connectivity index (χ4v) is 2.15. The van der Waals surface area contributed by atoms with Gasteiger partial charge in [-0.1, -0.05) is 0 Å². The molecule has 82 valence electrons. The summed E-state index contributed by atoms with van der Waals surface area (Å²) in [4.78, 5) is 0. The zero-order valence-corrected chi connectivity index (χ0v) is 8.54. The molecule has 3 N–H and O–H groups in total. The summed E-state index contributed by atoms with van der Waals surface area (Å²) < 4.78 is 5.18. The molecule has 2 aliphatic heterocycles. The van der Waals surface area contributed by atoms with Gasteiger partial charge >= 0.3 is 0 Å². The minimum Gasteiger partial charge on any atom is -0.389 e. The molecule has 0 radical (unpaired) electrons. The Kier molecular flexibility index (Phi) is 3.75. The molecule has 2 rings (SSSR count). The highest BCUT2D eigenvalue weighted by Gasteiger charge is 2.26. The van der Waals surface area contributed by atoms with Crippen LogP contribution in [0.1, 0.15) is 12.8 Å². The molecule has 0 amide bonds. The summed E-state index contributed by atoms with van der Waals surface area (Å²) in [5.74, 6) is 0.719. The first-order valence-corrected chi connectivity index (χ1v) is 5.56. The first-order chi connectivity index (χ1) is 6.86. The highest BCUT2D eigenvalue weighted by Crippen LogP contribution is 2.10. The molecule has 0 bridgehead atoms. The van der Waals surface area contributed by atoms with Gasteiger partial charge in [0.05, 0.1) is 25.4 Å². The van der Waals surface area contributed by atoms with E-state index in [9.17, 15) is 5.11 Å². The van der Waals surface area contributed by atoms with Gasteiger partial charge in [-0.25, -0.2) is 0 Å². The molecule has 2 aliphatic rings. The zero-order valence-electron chi connectivity index (χ0n) is 8.54. The molecule has 14 heavy (non-hydrogen) atoms. The molecule has 3 atom stereocenters. The third kappa shape index (κ3) is 2.67. The molecule has 2 saturated heterocycles. The predicted octanol–water partition coefficient (Wildman–Crippen LogP) is -0.665. The summed E-state index contributed by atoms with van der Waals surface area (Å²) in [5, 5.41) is 16.3. The molecule has 2 heterocycles. The minimum absolute atomic E-state index is 0.150. The van der Waals surface area contributed by atoms with Crippen LogP contribution in [0, 0.1) is 5.92 Å². The molecule has 0 aromatic carbocycles. The number of ether oxygens (including phenoxy) is 1. The molecule has 4 nitrogen and oxygen atoms in total. The molecular formula is C10H20N2O2. The maximum Gasteiger partial charge on any atom is 0.0948 e. The van der Waals surface area contributed by atoms with Crippen LogP contribution in [0.25, 0.3) is 0 Å². The maximum absolute atomic E-state index is 9.52. The summed E-state index contributed by atoms with van der Waals surface area (Å²) in [6.07, 6.45) is 2.26. The van der Waals surface area contributed by atoms with Gasteiger partial charge in [0.15, 0.2) is 0 Å². The van der Waals surface area contributed by atoms with Crippen LogP contribution >= 0.6 is 0 Å². The van der Waals surface area contributed by atoms with E-state index >= 15 is 0 Å². The predicted molar refractivity (Wildman–Crippen MR) is 54.2 cm³/mol. The van der Waals surface area contributed by atoms with Gasteiger partial charge in [0.25, 0.3) is 0 Å².